The predicted molar refractivity (Wildman–Crippen MR) is 84.3 cm³/mol. The molecule has 0 spiro atoms. The first kappa shape index (κ1) is 14.7. The number of benzene rings is 1. The first-order valence-electron chi connectivity index (χ1n) is 5.39. The van der Waals surface area contributed by atoms with E-state index in [1.807, 2.05) is 49.9 Å². The van der Waals surface area contributed by atoms with Crippen molar-refractivity contribution < 1.29 is 4.79 Å². The third-order valence-corrected chi connectivity index (χ3v) is 5.88. The van der Waals surface area contributed by atoms with Crippen LogP contribution in [0.2, 0.25) is 0 Å². The monoisotopic (exact) mass is 431 g/mol. The summed E-state index contributed by atoms with van der Waals surface area (Å²) < 4.78 is 0.969. The van der Waals surface area contributed by atoms with Crippen molar-refractivity contribution in [1.29, 1.82) is 0 Å². The van der Waals surface area contributed by atoms with E-state index in [0.717, 1.165) is 10.4 Å². The van der Waals surface area contributed by atoms with Crippen LogP contribution in [0.15, 0.2) is 28.7 Å². The third-order valence-electron chi connectivity index (χ3n) is 2.64. The molecule has 0 N–H and O–H groups in total. The molecule has 2 rings (SSSR count). The Kier molecular flexibility index (Phi) is 5.46. The fourth-order valence-corrected chi connectivity index (χ4v) is 3.03. The first-order valence-corrected chi connectivity index (χ1v) is 8.01. The lowest BCUT2D eigenvalue weighted by Crippen LogP contribution is -2.28. The van der Waals surface area contributed by atoms with Crippen LogP contribution in [0.4, 0.5) is 0 Å². The van der Waals surface area contributed by atoms with Gasteiger partial charge >= 0.3 is 0 Å². The van der Waals surface area contributed by atoms with Crippen LogP contribution in [0.3, 0.4) is 0 Å². The lowest BCUT2D eigenvalue weighted by molar-refractivity contribution is 0.0992. The molecule has 1 nitrogen and oxygen atoms in total. The molecule has 0 aliphatic heterocycles. The molecule has 0 bridgehead atoms. The zero-order valence-corrected chi connectivity index (χ0v) is 14.1. The Morgan fingerprint density at radius 1 is 1.00 bits per heavy atom. The summed E-state index contributed by atoms with van der Waals surface area (Å²) in [6, 6.07) is 7.40. The molecular formula is C14H10Br3O. The molecule has 1 fully saturated rings. The molecule has 93 valence electrons. The van der Waals surface area contributed by atoms with E-state index in [2.05, 4.69) is 47.8 Å². The van der Waals surface area contributed by atoms with E-state index in [0.29, 0.717) is 5.56 Å². The van der Waals surface area contributed by atoms with Crippen molar-refractivity contribution in [3.63, 3.8) is 0 Å². The zero-order valence-electron chi connectivity index (χ0n) is 9.32. The van der Waals surface area contributed by atoms with Gasteiger partial charge in [-0.1, -0.05) is 59.9 Å². The van der Waals surface area contributed by atoms with E-state index in [1.165, 1.54) is 0 Å². The van der Waals surface area contributed by atoms with E-state index >= 15 is 0 Å². The van der Waals surface area contributed by atoms with Crippen molar-refractivity contribution in [1.82, 2.24) is 0 Å². The number of alkyl halides is 2. The quantitative estimate of drug-likeness (QED) is 0.502. The Balaban J connectivity index is 2.05. The number of Topliss-reactive ketones (excluding diaryl/α,β-unsaturated/α-hetero) is 1. The van der Waals surface area contributed by atoms with Gasteiger partial charge in [-0.05, 0) is 43.7 Å². The van der Waals surface area contributed by atoms with Crippen molar-refractivity contribution in [2.24, 2.45) is 0 Å². The summed E-state index contributed by atoms with van der Waals surface area (Å²) in [5.74, 6) is 1.17. The number of hydrogen-bond donors (Lipinski definition) is 0. The lowest BCUT2D eigenvalue weighted by atomic mass is 9.97. The molecule has 2 atom stereocenters. The highest BCUT2D eigenvalue weighted by Gasteiger charge is 2.33. The van der Waals surface area contributed by atoms with Crippen LogP contribution in [0, 0.1) is 31.6 Å². The number of carbonyl (C=O) groups is 1. The van der Waals surface area contributed by atoms with Crippen molar-refractivity contribution >= 4 is 53.6 Å². The van der Waals surface area contributed by atoms with E-state index in [9.17, 15) is 4.79 Å². The molecule has 5 radical (unpaired) electrons. The summed E-state index contributed by atoms with van der Waals surface area (Å²) in [6.45, 7) is 0. The molecule has 18 heavy (non-hydrogen) atoms. The minimum absolute atomic E-state index is 0.0244. The van der Waals surface area contributed by atoms with Gasteiger partial charge in [-0.25, -0.2) is 0 Å². The number of hydrogen-bond acceptors (Lipinski definition) is 1. The van der Waals surface area contributed by atoms with Crippen LogP contribution in [-0.2, 0) is 0 Å². The van der Waals surface area contributed by atoms with Crippen LogP contribution in [0.5, 0.6) is 0 Å². The summed E-state index contributed by atoms with van der Waals surface area (Å²) >= 11 is 10.4. The SMILES string of the molecule is O=C(c1ccc(Br)cc1)C(Br)C(Br)[C]1[CH][CH][CH][CH]1. The van der Waals surface area contributed by atoms with Gasteiger partial charge in [0.2, 0.25) is 0 Å². The van der Waals surface area contributed by atoms with Gasteiger partial charge in [-0.3, -0.25) is 4.79 Å². The molecule has 0 saturated heterocycles. The van der Waals surface area contributed by atoms with Gasteiger partial charge in [0.25, 0.3) is 0 Å². The van der Waals surface area contributed by atoms with Gasteiger partial charge in [-0.2, -0.15) is 0 Å². The second-order valence-corrected chi connectivity index (χ2v) is 6.78. The highest BCUT2D eigenvalue weighted by Crippen LogP contribution is 2.35. The van der Waals surface area contributed by atoms with E-state index < -0.39 is 0 Å². The predicted octanol–water partition coefficient (Wildman–Crippen LogP) is 4.56. The minimum Gasteiger partial charge on any atom is -0.293 e. The van der Waals surface area contributed by atoms with Crippen molar-refractivity contribution in [3.8, 4) is 0 Å². The fourth-order valence-electron chi connectivity index (χ4n) is 1.65. The summed E-state index contributed by atoms with van der Waals surface area (Å²) in [7, 11) is 0. The minimum atomic E-state index is -0.277. The van der Waals surface area contributed by atoms with Crippen LogP contribution in [0.25, 0.3) is 0 Å². The van der Waals surface area contributed by atoms with Gasteiger partial charge in [0.05, 0.1) is 4.83 Å². The third kappa shape index (κ3) is 3.45. The molecule has 1 aromatic carbocycles. The average molecular weight is 434 g/mol. The van der Waals surface area contributed by atoms with E-state index in [-0.39, 0.29) is 15.4 Å². The highest BCUT2D eigenvalue weighted by atomic mass is 79.9. The molecule has 4 heteroatoms. The number of ketones is 1. The Bertz CT molecular complexity index is 410. The molecule has 0 amide bonds. The van der Waals surface area contributed by atoms with Crippen LogP contribution in [0.1, 0.15) is 10.4 Å². The van der Waals surface area contributed by atoms with Crippen molar-refractivity contribution in [3.05, 3.63) is 65.9 Å². The van der Waals surface area contributed by atoms with Gasteiger partial charge < -0.3 is 0 Å². The number of halogens is 3. The molecule has 1 saturated carbocycles. The van der Waals surface area contributed by atoms with Gasteiger partial charge in [0.15, 0.2) is 5.78 Å². The fraction of sp³-hybridized carbons (Fsp3) is 0.143. The van der Waals surface area contributed by atoms with E-state index in [4.69, 9.17) is 0 Å². The Morgan fingerprint density at radius 2 is 1.56 bits per heavy atom. The van der Waals surface area contributed by atoms with Crippen LogP contribution >= 0.6 is 47.8 Å². The smallest absolute Gasteiger partial charge is 0.177 e. The molecule has 0 aromatic heterocycles. The average Bonchev–Trinajstić information content (AvgIpc) is 2.91. The maximum absolute atomic E-state index is 12.3. The Hall–Kier alpha value is 0.330. The Morgan fingerprint density at radius 3 is 2.11 bits per heavy atom. The zero-order chi connectivity index (χ0) is 13.1. The van der Waals surface area contributed by atoms with Gasteiger partial charge in [0, 0.05) is 14.9 Å². The summed E-state index contributed by atoms with van der Waals surface area (Å²) in [5, 5.41) is 0. The van der Waals surface area contributed by atoms with Crippen LogP contribution < -0.4 is 0 Å². The normalized spacial score (nSPS) is 19.7. The second kappa shape index (κ2) is 6.67. The largest absolute Gasteiger partial charge is 0.293 e. The highest BCUT2D eigenvalue weighted by molar-refractivity contribution is 9.12. The van der Waals surface area contributed by atoms with Crippen molar-refractivity contribution in [2.75, 3.05) is 0 Å². The maximum atomic E-state index is 12.3. The van der Waals surface area contributed by atoms with Gasteiger partial charge in [0.1, 0.15) is 0 Å². The summed E-state index contributed by atoms with van der Waals surface area (Å²) in [4.78, 5) is 12.0. The van der Waals surface area contributed by atoms with Crippen LogP contribution in [-0.4, -0.2) is 15.4 Å². The van der Waals surface area contributed by atoms with Gasteiger partial charge in [-0.15, -0.1) is 0 Å². The van der Waals surface area contributed by atoms with E-state index in [1.54, 1.807) is 0 Å². The molecule has 1 aromatic rings. The molecule has 1 aliphatic rings. The second-order valence-electron chi connectivity index (χ2n) is 3.89. The first-order chi connectivity index (χ1) is 8.59. The maximum Gasteiger partial charge on any atom is 0.177 e. The lowest BCUT2D eigenvalue weighted by Gasteiger charge is -2.20. The summed E-state index contributed by atoms with van der Waals surface area (Å²) in [6.07, 6.45) is 7.94. The summed E-state index contributed by atoms with van der Waals surface area (Å²) in [5.41, 5.74) is 0.705. The Labute approximate surface area is 133 Å². The molecule has 0 heterocycles. The molecular weight excluding hydrogens is 424 g/mol. The van der Waals surface area contributed by atoms with Crippen molar-refractivity contribution in [2.45, 2.75) is 9.65 Å². The standard InChI is InChI=1S/C14H10Br3O/c15-11-7-5-10(6-8-11)14(18)13(17)12(16)9-3-1-2-4-9/h1-8,12-13H. The molecule has 1 aliphatic carbocycles. The number of rotatable bonds is 4. The number of carbonyl (C=O) groups excluding carboxylic acids is 1. The molecule has 2 unspecified atom stereocenters. The topological polar surface area (TPSA) is 17.1 Å².